The van der Waals surface area contributed by atoms with E-state index in [1.165, 1.54) is 66.1 Å². The van der Waals surface area contributed by atoms with Crippen LogP contribution in [0.5, 0.6) is 11.5 Å². The third-order valence-electron chi connectivity index (χ3n) is 10.1. The molecule has 2 aliphatic rings. The van der Waals surface area contributed by atoms with Crippen LogP contribution in [0.25, 0.3) is 54.9 Å². The fourth-order valence-corrected chi connectivity index (χ4v) is 8.20. The molecule has 0 fully saturated rings. The first-order chi connectivity index (χ1) is 22.8. The van der Waals surface area contributed by atoms with Crippen molar-refractivity contribution in [2.45, 2.75) is 5.41 Å². The molecule has 0 radical (unpaired) electrons. The average Bonchev–Trinajstić information content (AvgIpc) is 3.43. The molecule has 1 heteroatoms. The van der Waals surface area contributed by atoms with E-state index < -0.39 is 5.41 Å². The topological polar surface area (TPSA) is 9.23 Å². The van der Waals surface area contributed by atoms with Gasteiger partial charge in [0.05, 0.1) is 5.41 Å². The van der Waals surface area contributed by atoms with Gasteiger partial charge in [0.25, 0.3) is 0 Å². The van der Waals surface area contributed by atoms with Gasteiger partial charge >= 0.3 is 0 Å². The highest BCUT2D eigenvalue weighted by atomic mass is 16.5. The SMILES string of the molecule is c1ccc(C2(c3ccccc3)c3cc(-c4cc5c6c(cccc6c4)-c4ccccc4O5)ccc3-c3ccc4ccccc4c32)cc1. The highest BCUT2D eigenvalue weighted by molar-refractivity contribution is 6.06. The first-order valence-corrected chi connectivity index (χ1v) is 15.9. The molecule has 1 nitrogen and oxygen atoms in total. The molecule has 214 valence electrons. The van der Waals surface area contributed by atoms with Crippen molar-refractivity contribution < 1.29 is 4.74 Å². The van der Waals surface area contributed by atoms with Gasteiger partial charge in [0.1, 0.15) is 11.5 Å². The molecule has 8 aromatic carbocycles. The number of para-hydroxylation sites is 1. The number of ether oxygens (including phenoxy) is 1. The lowest BCUT2D eigenvalue weighted by Gasteiger charge is -2.35. The smallest absolute Gasteiger partial charge is 0.136 e. The van der Waals surface area contributed by atoms with Gasteiger partial charge in [0.15, 0.2) is 0 Å². The van der Waals surface area contributed by atoms with Crippen molar-refractivity contribution in [3.05, 3.63) is 192 Å². The maximum Gasteiger partial charge on any atom is 0.136 e. The van der Waals surface area contributed by atoms with Crippen LogP contribution in [0.15, 0.2) is 170 Å². The summed E-state index contributed by atoms with van der Waals surface area (Å²) < 4.78 is 6.58. The number of hydrogen-bond donors (Lipinski definition) is 0. The molecule has 0 aromatic heterocycles. The predicted molar refractivity (Wildman–Crippen MR) is 190 cm³/mol. The van der Waals surface area contributed by atoms with E-state index in [1.54, 1.807) is 0 Å². The van der Waals surface area contributed by atoms with Gasteiger partial charge in [-0.1, -0.05) is 146 Å². The van der Waals surface area contributed by atoms with Gasteiger partial charge < -0.3 is 4.74 Å². The molecule has 46 heavy (non-hydrogen) atoms. The Morgan fingerprint density at radius 1 is 0.391 bits per heavy atom. The van der Waals surface area contributed by atoms with Crippen LogP contribution in [-0.4, -0.2) is 0 Å². The fraction of sp³-hybridized carbons (Fsp3) is 0.0222. The molecule has 0 saturated carbocycles. The monoisotopic (exact) mass is 584 g/mol. The largest absolute Gasteiger partial charge is 0.456 e. The van der Waals surface area contributed by atoms with Gasteiger partial charge in [0.2, 0.25) is 0 Å². The van der Waals surface area contributed by atoms with Crippen LogP contribution in [0, 0.1) is 0 Å². The lowest BCUT2D eigenvalue weighted by atomic mass is 9.66. The summed E-state index contributed by atoms with van der Waals surface area (Å²) in [6.45, 7) is 0. The van der Waals surface area contributed by atoms with Gasteiger partial charge in [-0.3, -0.25) is 0 Å². The van der Waals surface area contributed by atoms with Gasteiger partial charge in [-0.15, -0.1) is 0 Å². The van der Waals surface area contributed by atoms with Gasteiger partial charge in [-0.2, -0.15) is 0 Å². The van der Waals surface area contributed by atoms with Crippen molar-refractivity contribution >= 4 is 21.5 Å². The highest BCUT2D eigenvalue weighted by Crippen LogP contribution is 2.59. The number of benzene rings is 8. The van der Waals surface area contributed by atoms with Crippen molar-refractivity contribution in [3.63, 3.8) is 0 Å². The van der Waals surface area contributed by atoms with Crippen LogP contribution in [0.2, 0.25) is 0 Å². The van der Waals surface area contributed by atoms with Crippen LogP contribution in [0.4, 0.5) is 0 Å². The summed E-state index contributed by atoms with van der Waals surface area (Å²) >= 11 is 0. The maximum absolute atomic E-state index is 6.58. The standard InChI is InChI=1S/C45H28O/c1-3-14-33(15-4-1)45(34-16-5-2-6-17-34)40-27-30(23-24-36(40)39-25-22-29-12-7-8-18-35(29)44(39)45)32-26-31-13-11-20-38-37-19-9-10-21-41(37)46-42(28-32)43(31)38/h1-28H. The summed E-state index contributed by atoms with van der Waals surface area (Å²) in [4.78, 5) is 0. The normalized spacial score (nSPS) is 13.6. The van der Waals surface area contributed by atoms with Crippen molar-refractivity contribution in [3.8, 4) is 44.9 Å². The van der Waals surface area contributed by atoms with E-state index in [9.17, 15) is 0 Å². The van der Waals surface area contributed by atoms with Crippen LogP contribution in [0.1, 0.15) is 22.3 Å². The molecule has 0 saturated heterocycles. The number of fused-ring (bicyclic) bond motifs is 7. The summed E-state index contributed by atoms with van der Waals surface area (Å²) in [5.74, 6) is 1.82. The summed E-state index contributed by atoms with van der Waals surface area (Å²) in [5.41, 5.74) is 12.0. The molecule has 0 atom stereocenters. The van der Waals surface area contributed by atoms with E-state index in [4.69, 9.17) is 4.74 Å². The Hall–Kier alpha value is -5.92. The Kier molecular flexibility index (Phi) is 5.27. The molecule has 0 bridgehead atoms. The van der Waals surface area contributed by atoms with E-state index in [0.717, 1.165) is 22.6 Å². The molecule has 0 spiro atoms. The first-order valence-electron chi connectivity index (χ1n) is 15.9. The van der Waals surface area contributed by atoms with Gasteiger partial charge in [-0.25, -0.2) is 0 Å². The molecule has 0 N–H and O–H groups in total. The second-order valence-electron chi connectivity index (χ2n) is 12.4. The van der Waals surface area contributed by atoms with Crippen LogP contribution < -0.4 is 4.74 Å². The molecule has 0 amide bonds. The summed E-state index contributed by atoms with van der Waals surface area (Å²) in [7, 11) is 0. The first kappa shape index (κ1) is 25.4. The zero-order chi connectivity index (χ0) is 30.2. The lowest BCUT2D eigenvalue weighted by Crippen LogP contribution is -2.28. The molecule has 1 heterocycles. The van der Waals surface area contributed by atoms with E-state index in [-0.39, 0.29) is 0 Å². The Balaban J connectivity index is 1.28. The fourth-order valence-electron chi connectivity index (χ4n) is 8.20. The van der Waals surface area contributed by atoms with Crippen molar-refractivity contribution in [1.82, 2.24) is 0 Å². The third-order valence-corrected chi connectivity index (χ3v) is 10.1. The molecule has 1 aliphatic carbocycles. The molecular formula is C45H28O. The summed E-state index contributed by atoms with van der Waals surface area (Å²) in [6, 6.07) is 62.1. The highest BCUT2D eigenvalue weighted by Gasteiger charge is 2.47. The minimum atomic E-state index is -0.488. The lowest BCUT2D eigenvalue weighted by molar-refractivity contribution is 0.487. The van der Waals surface area contributed by atoms with E-state index in [1.807, 2.05) is 6.07 Å². The van der Waals surface area contributed by atoms with Crippen molar-refractivity contribution in [2.75, 3.05) is 0 Å². The second-order valence-corrected chi connectivity index (χ2v) is 12.4. The summed E-state index contributed by atoms with van der Waals surface area (Å²) in [5, 5.41) is 4.91. The Morgan fingerprint density at radius 3 is 1.89 bits per heavy atom. The zero-order valence-corrected chi connectivity index (χ0v) is 25.1. The average molecular weight is 585 g/mol. The Morgan fingerprint density at radius 2 is 1.07 bits per heavy atom. The third kappa shape index (κ3) is 3.40. The van der Waals surface area contributed by atoms with Crippen LogP contribution >= 0.6 is 0 Å². The second kappa shape index (κ2) is 9.54. The minimum absolute atomic E-state index is 0.488. The van der Waals surface area contributed by atoms with Crippen molar-refractivity contribution in [2.24, 2.45) is 0 Å². The Bertz CT molecular complexity index is 2450. The number of hydrogen-bond acceptors (Lipinski definition) is 1. The molecule has 10 rings (SSSR count). The predicted octanol–water partition coefficient (Wildman–Crippen LogP) is 11.8. The van der Waals surface area contributed by atoms with Crippen LogP contribution in [0.3, 0.4) is 0 Å². The molecule has 1 aliphatic heterocycles. The molecule has 0 unspecified atom stereocenters. The Labute approximate surface area is 268 Å². The summed E-state index contributed by atoms with van der Waals surface area (Å²) in [6.07, 6.45) is 0. The zero-order valence-electron chi connectivity index (χ0n) is 25.1. The minimum Gasteiger partial charge on any atom is -0.456 e. The molecule has 8 aromatic rings. The number of rotatable bonds is 3. The van der Waals surface area contributed by atoms with E-state index in [2.05, 4.69) is 164 Å². The van der Waals surface area contributed by atoms with E-state index >= 15 is 0 Å². The maximum atomic E-state index is 6.58. The molecular weight excluding hydrogens is 556 g/mol. The van der Waals surface area contributed by atoms with Gasteiger partial charge in [0, 0.05) is 10.9 Å². The van der Waals surface area contributed by atoms with Crippen molar-refractivity contribution in [1.29, 1.82) is 0 Å². The van der Waals surface area contributed by atoms with Gasteiger partial charge in [-0.05, 0) is 90.5 Å². The van der Waals surface area contributed by atoms with E-state index in [0.29, 0.717) is 0 Å². The quantitative estimate of drug-likeness (QED) is 0.201. The van der Waals surface area contributed by atoms with Crippen LogP contribution in [-0.2, 0) is 5.41 Å².